The molecule has 0 bridgehead atoms. The second kappa shape index (κ2) is 11.1. The van der Waals surface area contributed by atoms with Gasteiger partial charge in [0.2, 0.25) is 0 Å². The molecule has 0 saturated heterocycles. The Bertz CT molecular complexity index is 946. The van der Waals surface area contributed by atoms with Crippen molar-refractivity contribution in [2.45, 2.75) is 6.42 Å². The molecule has 0 aliphatic carbocycles. The molecule has 1 aromatic heterocycles. The van der Waals surface area contributed by atoms with Crippen LogP contribution in [0.3, 0.4) is 0 Å². The SMILES string of the molecule is COc1ccc(-c2csc(N(CCCN(C)C)C(=O)c3ccc(F)cc3)n2)cc1.Cl. The van der Waals surface area contributed by atoms with Crippen molar-refractivity contribution < 1.29 is 13.9 Å². The summed E-state index contributed by atoms with van der Waals surface area (Å²) < 4.78 is 18.5. The first-order valence-corrected chi connectivity index (χ1v) is 10.2. The third-order valence-electron chi connectivity index (χ3n) is 4.43. The lowest BCUT2D eigenvalue weighted by Gasteiger charge is -2.21. The summed E-state index contributed by atoms with van der Waals surface area (Å²) in [6.45, 7) is 1.38. The zero-order chi connectivity index (χ0) is 20.8. The molecule has 0 fully saturated rings. The second-order valence-corrected chi connectivity index (χ2v) is 7.70. The van der Waals surface area contributed by atoms with E-state index in [4.69, 9.17) is 9.72 Å². The Labute approximate surface area is 186 Å². The fourth-order valence-electron chi connectivity index (χ4n) is 2.86. The van der Waals surface area contributed by atoms with Crippen molar-refractivity contribution in [3.8, 4) is 17.0 Å². The summed E-state index contributed by atoms with van der Waals surface area (Å²) in [7, 11) is 5.62. The molecule has 8 heteroatoms. The maximum absolute atomic E-state index is 13.3. The summed E-state index contributed by atoms with van der Waals surface area (Å²) in [5.41, 5.74) is 2.20. The van der Waals surface area contributed by atoms with Crippen LogP contribution >= 0.6 is 23.7 Å². The Morgan fingerprint density at radius 3 is 2.33 bits per heavy atom. The van der Waals surface area contributed by atoms with Crippen molar-refractivity contribution in [2.75, 3.05) is 39.2 Å². The van der Waals surface area contributed by atoms with Crippen molar-refractivity contribution in [3.63, 3.8) is 0 Å². The summed E-state index contributed by atoms with van der Waals surface area (Å²) in [5, 5.41) is 2.57. The molecule has 3 aromatic rings. The van der Waals surface area contributed by atoms with Gasteiger partial charge in [0.1, 0.15) is 11.6 Å². The Balaban J connectivity index is 0.00000320. The molecule has 3 rings (SSSR count). The van der Waals surface area contributed by atoms with Gasteiger partial charge in [-0.3, -0.25) is 9.69 Å². The highest BCUT2D eigenvalue weighted by Gasteiger charge is 2.21. The molecular weight excluding hydrogens is 425 g/mol. The van der Waals surface area contributed by atoms with E-state index in [0.29, 0.717) is 17.2 Å². The third-order valence-corrected chi connectivity index (χ3v) is 5.30. The van der Waals surface area contributed by atoms with Gasteiger partial charge in [0.05, 0.1) is 12.8 Å². The number of carbonyl (C=O) groups excluding carboxylic acids is 1. The highest BCUT2D eigenvalue weighted by Crippen LogP contribution is 2.29. The third kappa shape index (κ3) is 6.01. The number of rotatable bonds is 8. The van der Waals surface area contributed by atoms with Gasteiger partial charge in [-0.05, 0) is 75.6 Å². The van der Waals surface area contributed by atoms with Crippen LogP contribution in [0.2, 0.25) is 0 Å². The summed E-state index contributed by atoms with van der Waals surface area (Å²) in [4.78, 5) is 21.5. The molecule has 0 aliphatic heterocycles. The number of hydrogen-bond donors (Lipinski definition) is 0. The lowest BCUT2D eigenvalue weighted by Crippen LogP contribution is -2.33. The van der Waals surface area contributed by atoms with Crippen LogP contribution in [-0.2, 0) is 0 Å². The molecule has 0 aliphatic rings. The molecular formula is C22H25ClFN3O2S. The fourth-order valence-corrected chi connectivity index (χ4v) is 3.72. The van der Waals surface area contributed by atoms with Crippen molar-refractivity contribution in [2.24, 2.45) is 0 Å². The molecule has 0 N–H and O–H groups in total. The zero-order valence-corrected chi connectivity index (χ0v) is 18.8. The lowest BCUT2D eigenvalue weighted by atomic mass is 10.2. The van der Waals surface area contributed by atoms with Crippen LogP contribution in [0.15, 0.2) is 53.9 Å². The number of nitrogens with zero attached hydrogens (tertiary/aromatic N) is 3. The number of halogens is 2. The van der Waals surface area contributed by atoms with Crippen LogP contribution in [0.5, 0.6) is 5.75 Å². The average Bonchev–Trinajstić information content (AvgIpc) is 3.21. The number of aromatic nitrogens is 1. The minimum atomic E-state index is -0.364. The number of amides is 1. The van der Waals surface area contributed by atoms with E-state index in [1.54, 1.807) is 12.0 Å². The van der Waals surface area contributed by atoms with Crippen molar-refractivity contribution in [1.82, 2.24) is 9.88 Å². The molecule has 0 radical (unpaired) electrons. The molecule has 160 valence electrons. The predicted molar refractivity (Wildman–Crippen MR) is 123 cm³/mol. The van der Waals surface area contributed by atoms with Gasteiger partial charge in [-0.1, -0.05) is 0 Å². The number of anilines is 1. The minimum absolute atomic E-state index is 0. The molecule has 0 spiro atoms. The average molecular weight is 450 g/mol. The van der Waals surface area contributed by atoms with E-state index < -0.39 is 0 Å². The van der Waals surface area contributed by atoms with Crippen LogP contribution in [0, 0.1) is 5.82 Å². The van der Waals surface area contributed by atoms with Crippen LogP contribution in [-0.4, -0.2) is 50.1 Å². The minimum Gasteiger partial charge on any atom is -0.497 e. The van der Waals surface area contributed by atoms with Gasteiger partial charge in [0.25, 0.3) is 5.91 Å². The monoisotopic (exact) mass is 449 g/mol. The quantitative estimate of drug-likeness (QED) is 0.486. The van der Waals surface area contributed by atoms with Crippen molar-refractivity contribution in [1.29, 1.82) is 0 Å². The summed E-state index contributed by atoms with van der Waals surface area (Å²) >= 11 is 1.42. The first-order valence-electron chi connectivity index (χ1n) is 9.30. The van der Waals surface area contributed by atoms with Crippen LogP contribution < -0.4 is 9.64 Å². The van der Waals surface area contributed by atoms with Gasteiger partial charge in [0, 0.05) is 23.1 Å². The van der Waals surface area contributed by atoms with E-state index in [1.165, 1.54) is 35.6 Å². The maximum atomic E-state index is 13.3. The van der Waals surface area contributed by atoms with E-state index in [1.807, 2.05) is 43.7 Å². The highest BCUT2D eigenvalue weighted by atomic mass is 35.5. The van der Waals surface area contributed by atoms with E-state index in [0.717, 1.165) is 30.0 Å². The molecule has 0 unspecified atom stereocenters. The Kier molecular flexibility index (Phi) is 8.77. The van der Waals surface area contributed by atoms with Crippen LogP contribution in [0.25, 0.3) is 11.3 Å². The summed E-state index contributed by atoms with van der Waals surface area (Å²) in [5.74, 6) is 0.233. The first-order chi connectivity index (χ1) is 14.0. The molecule has 30 heavy (non-hydrogen) atoms. The Hall–Kier alpha value is -2.48. The summed E-state index contributed by atoms with van der Waals surface area (Å²) in [6.07, 6.45) is 0.803. The number of benzene rings is 2. The Morgan fingerprint density at radius 2 is 1.73 bits per heavy atom. The number of thiazole rings is 1. The molecule has 5 nitrogen and oxygen atoms in total. The molecule has 1 amide bonds. The van der Waals surface area contributed by atoms with E-state index in [-0.39, 0.29) is 24.1 Å². The molecule has 2 aromatic carbocycles. The molecule has 1 heterocycles. The second-order valence-electron chi connectivity index (χ2n) is 6.86. The number of hydrogen-bond acceptors (Lipinski definition) is 5. The summed E-state index contributed by atoms with van der Waals surface area (Å²) in [6, 6.07) is 13.3. The van der Waals surface area contributed by atoms with Crippen LogP contribution in [0.4, 0.5) is 9.52 Å². The largest absolute Gasteiger partial charge is 0.497 e. The van der Waals surface area contributed by atoms with Gasteiger partial charge in [-0.2, -0.15) is 0 Å². The standard InChI is InChI=1S/C22H24FN3O2S.ClH/c1-25(2)13-4-14-26(21(27)17-5-9-18(23)10-6-17)22-24-20(15-29-22)16-7-11-19(28-3)12-8-16;/h5-12,15H,4,13-14H2,1-3H3;1H. The van der Waals surface area contributed by atoms with Gasteiger partial charge >= 0.3 is 0 Å². The smallest absolute Gasteiger partial charge is 0.260 e. The van der Waals surface area contributed by atoms with Gasteiger partial charge in [0.15, 0.2) is 5.13 Å². The number of methoxy groups -OCH3 is 1. The maximum Gasteiger partial charge on any atom is 0.260 e. The fraction of sp³-hybridized carbons (Fsp3) is 0.273. The van der Waals surface area contributed by atoms with Crippen LogP contribution in [0.1, 0.15) is 16.8 Å². The van der Waals surface area contributed by atoms with Gasteiger partial charge in [-0.15, -0.1) is 23.7 Å². The number of ether oxygens (including phenoxy) is 1. The van der Waals surface area contributed by atoms with Crippen molar-refractivity contribution in [3.05, 3.63) is 65.3 Å². The topological polar surface area (TPSA) is 45.7 Å². The zero-order valence-electron chi connectivity index (χ0n) is 17.2. The molecule has 0 atom stereocenters. The van der Waals surface area contributed by atoms with Gasteiger partial charge < -0.3 is 9.64 Å². The van der Waals surface area contributed by atoms with E-state index in [9.17, 15) is 9.18 Å². The van der Waals surface area contributed by atoms with E-state index >= 15 is 0 Å². The van der Waals surface area contributed by atoms with Gasteiger partial charge in [-0.25, -0.2) is 9.37 Å². The van der Waals surface area contributed by atoms with E-state index in [2.05, 4.69) is 4.90 Å². The van der Waals surface area contributed by atoms with Crippen molar-refractivity contribution >= 4 is 34.8 Å². The normalized spacial score (nSPS) is 10.6. The molecule has 0 saturated carbocycles. The number of carbonyl (C=O) groups is 1. The Morgan fingerprint density at radius 1 is 1.07 bits per heavy atom. The highest BCUT2D eigenvalue weighted by molar-refractivity contribution is 7.14. The lowest BCUT2D eigenvalue weighted by molar-refractivity contribution is 0.0986. The first kappa shape index (κ1) is 23.8. The predicted octanol–water partition coefficient (Wildman–Crippen LogP) is 4.98.